The second-order valence-corrected chi connectivity index (χ2v) is 10.1. The van der Waals surface area contributed by atoms with Crippen molar-refractivity contribution in [2.45, 2.75) is 50.4 Å². The molecule has 5 rings (SSSR count). The molecule has 14 heteroatoms. The molecule has 1 atom stereocenters. The summed E-state index contributed by atoms with van der Waals surface area (Å²) in [6, 6.07) is 1.61. The standard InChI is InChI=1S/C23H24Cl2F3N7O2/c24-15-7-12(23(26,27)28)8-16(25)18(15)33-22-32-17-9-30-21(31-13-5-6-37-10-13)34-20(17)35(22)14-3-1-11(2-4-14)19(29)36/h7-9,11,13-14H,1-6,10H2,(H2,29,36)(H,32,33)(H,30,31,34)/t11-,13-,14+/m1/s1. The Morgan fingerprint density at radius 1 is 1.11 bits per heavy atom. The predicted molar refractivity (Wildman–Crippen MR) is 133 cm³/mol. The highest BCUT2D eigenvalue weighted by molar-refractivity contribution is 6.39. The summed E-state index contributed by atoms with van der Waals surface area (Å²) in [5.41, 5.74) is 5.65. The van der Waals surface area contributed by atoms with Crippen LogP contribution >= 0.6 is 23.2 Å². The number of ether oxygens (including phenoxy) is 1. The lowest BCUT2D eigenvalue weighted by Gasteiger charge is -2.29. The van der Waals surface area contributed by atoms with Crippen molar-refractivity contribution >= 4 is 57.9 Å². The minimum absolute atomic E-state index is 0.0854. The number of hydrogen-bond acceptors (Lipinski definition) is 7. The Labute approximate surface area is 219 Å². The van der Waals surface area contributed by atoms with Crippen LogP contribution in [0.5, 0.6) is 0 Å². The van der Waals surface area contributed by atoms with E-state index in [9.17, 15) is 18.0 Å². The molecular formula is C23H24Cl2F3N7O2. The molecule has 0 radical (unpaired) electrons. The molecule has 4 N–H and O–H groups in total. The van der Waals surface area contributed by atoms with Gasteiger partial charge in [-0.2, -0.15) is 18.2 Å². The van der Waals surface area contributed by atoms with Gasteiger partial charge in [0.15, 0.2) is 5.65 Å². The largest absolute Gasteiger partial charge is 0.416 e. The highest BCUT2D eigenvalue weighted by Gasteiger charge is 2.33. The lowest BCUT2D eigenvalue weighted by Crippen LogP contribution is -2.29. The van der Waals surface area contributed by atoms with Crippen molar-refractivity contribution < 1.29 is 22.7 Å². The van der Waals surface area contributed by atoms with Crippen molar-refractivity contribution in [2.75, 3.05) is 23.8 Å². The normalized spacial score (nSPS) is 22.4. The molecule has 3 heterocycles. The third kappa shape index (κ3) is 5.41. The highest BCUT2D eigenvalue weighted by atomic mass is 35.5. The fraction of sp³-hybridized carbons (Fsp3) is 0.478. The van der Waals surface area contributed by atoms with Crippen LogP contribution in [0.4, 0.5) is 30.8 Å². The van der Waals surface area contributed by atoms with Gasteiger partial charge in [0.25, 0.3) is 0 Å². The molecule has 198 valence electrons. The maximum atomic E-state index is 13.2. The van der Waals surface area contributed by atoms with E-state index in [4.69, 9.17) is 38.7 Å². The fourth-order valence-corrected chi connectivity index (χ4v) is 5.39. The van der Waals surface area contributed by atoms with Crippen molar-refractivity contribution in [3.63, 3.8) is 0 Å². The molecule has 0 unspecified atom stereocenters. The van der Waals surface area contributed by atoms with Crippen LogP contribution < -0.4 is 16.4 Å². The number of nitrogens with two attached hydrogens (primary N) is 1. The molecule has 1 saturated heterocycles. The van der Waals surface area contributed by atoms with Crippen LogP contribution in [-0.4, -0.2) is 44.7 Å². The lowest BCUT2D eigenvalue weighted by molar-refractivity contribution is -0.137. The zero-order valence-corrected chi connectivity index (χ0v) is 21.0. The second kappa shape index (κ2) is 10.1. The van der Waals surface area contributed by atoms with Gasteiger partial charge in [0.05, 0.1) is 40.1 Å². The second-order valence-electron chi connectivity index (χ2n) is 9.26. The average Bonchev–Trinajstić information content (AvgIpc) is 3.48. The topological polar surface area (TPSA) is 120 Å². The van der Waals surface area contributed by atoms with Gasteiger partial charge in [0, 0.05) is 18.6 Å². The molecule has 0 spiro atoms. The monoisotopic (exact) mass is 557 g/mol. The first-order chi connectivity index (χ1) is 17.6. The molecule has 1 saturated carbocycles. The minimum Gasteiger partial charge on any atom is -0.379 e. The van der Waals surface area contributed by atoms with Crippen LogP contribution in [-0.2, 0) is 15.7 Å². The third-order valence-electron chi connectivity index (χ3n) is 6.77. The summed E-state index contributed by atoms with van der Waals surface area (Å²) in [7, 11) is 0. The van der Waals surface area contributed by atoms with Crippen LogP contribution in [0.2, 0.25) is 10.0 Å². The number of aromatic nitrogens is 4. The summed E-state index contributed by atoms with van der Waals surface area (Å²) in [6.45, 7) is 1.21. The highest BCUT2D eigenvalue weighted by Crippen LogP contribution is 2.42. The smallest absolute Gasteiger partial charge is 0.379 e. The SMILES string of the molecule is NC(=O)[C@H]1CC[C@@H](n2c(Nc3c(Cl)cc(C(F)(F)F)cc3Cl)nc3cnc(N[C@@H]4CCOC4)nc32)CC1. The Morgan fingerprint density at radius 2 is 1.81 bits per heavy atom. The van der Waals surface area contributed by atoms with Gasteiger partial charge in [-0.05, 0) is 44.2 Å². The molecule has 3 aromatic rings. The molecule has 2 aliphatic rings. The Hall–Kier alpha value is -2.83. The average molecular weight is 558 g/mol. The number of benzene rings is 1. The van der Waals surface area contributed by atoms with Gasteiger partial charge in [0.2, 0.25) is 17.8 Å². The van der Waals surface area contributed by atoms with E-state index in [1.807, 2.05) is 4.57 Å². The van der Waals surface area contributed by atoms with Crippen LogP contribution in [0.15, 0.2) is 18.3 Å². The van der Waals surface area contributed by atoms with E-state index >= 15 is 0 Å². The summed E-state index contributed by atoms with van der Waals surface area (Å²) in [4.78, 5) is 25.4. The van der Waals surface area contributed by atoms with Crippen molar-refractivity contribution in [3.8, 4) is 0 Å². The van der Waals surface area contributed by atoms with E-state index in [1.165, 1.54) is 0 Å². The van der Waals surface area contributed by atoms with Crippen LogP contribution in [0.25, 0.3) is 11.2 Å². The van der Waals surface area contributed by atoms with Gasteiger partial charge >= 0.3 is 6.18 Å². The number of anilines is 3. The summed E-state index contributed by atoms with van der Waals surface area (Å²) >= 11 is 12.4. The summed E-state index contributed by atoms with van der Waals surface area (Å²) in [6.07, 6.45) is 0.258. The van der Waals surface area contributed by atoms with Crippen molar-refractivity contribution in [1.82, 2.24) is 19.5 Å². The number of fused-ring (bicyclic) bond motifs is 1. The molecule has 0 bridgehead atoms. The fourth-order valence-electron chi connectivity index (χ4n) is 4.81. The molecule has 1 amide bonds. The molecule has 9 nitrogen and oxygen atoms in total. The molecule has 1 aromatic carbocycles. The summed E-state index contributed by atoms with van der Waals surface area (Å²) in [5, 5.41) is 5.88. The van der Waals surface area contributed by atoms with Crippen LogP contribution in [0.3, 0.4) is 0 Å². The van der Waals surface area contributed by atoms with Crippen molar-refractivity contribution in [3.05, 3.63) is 33.9 Å². The Morgan fingerprint density at radius 3 is 2.41 bits per heavy atom. The van der Waals surface area contributed by atoms with Gasteiger partial charge in [-0.3, -0.25) is 9.36 Å². The molecule has 1 aliphatic heterocycles. The van der Waals surface area contributed by atoms with E-state index in [2.05, 4.69) is 20.6 Å². The van der Waals surface area contributed by atoms with Gasteiger partial charge < -0.3 is 21.1 Å². The predicted octanol–water partition coefficient (Wildman–Crippen LogP) is 5.31. The third-order valence-corrected chi connectivity index (χ3v) is 7.36. The van der Waals surface area contributed by atoms with Gasteiger partial charge in [0.1, 0.15) is 5.52 Å². The number of nitrogens with one attached hydrogen (secondary N) is 2. The molecule has 2 fully saturated rings. The quantitative estimate of drug-likeness (QED) is 0.375. The summed E-state index contributed by atoms with van der Waals surface area (Å²) < 4.78 is 46.9. The van der Waals surface area contributed by atoms with E-state index in [0.29, 0.717) is 62.0 Å². The van der Waals surface area contributed by atoms with E-state index in [1.54, 1.807) is 6.20 Å². The Bertz CT molecular complexity index is 1300. The van der Waals surface area contributed by atoms with Crippen LogP contribution in [0.1, 0.15) is 43.7 Å². The number of amides is 1. The zero-order chi connectivity index (χ0) is 26.3. The molecular weight excluding hydrogens is 534 g/mol. The molecule has 37 heavy (non-hydrogen) atoms. The number of halogens is 5. The van der Waals surface area contributed by atoms with E-state index in [0.717, 1.165) is 18.6 Å². The minimum atomic E-state index is -4.60. The van der Waals surface area contributed by atoms with Crippen molar-refractivity contribution in [1.29, 1.82) is 0 Å². The number of hydrogen-bond donors (Lipinski definition) is 3. The first-order valence-electron chi connectivity index (χ1n) is 11.8. The first-order valence-corrected chi connectivity index (χ1v) is 12.6. The Balaban J connectivity index is 1.53. The number of carbonyl (C=O) groups is 1. The molecule has 1 aliphatic carbocycles. The van der Waals surface area contributed by atoms with Gasteiger partial charge in [-0.15, -0.1) is 0 Å². The van der Waals surface area contributed by atoms with Gasteiger partial charge in [-0.25, -0.2) is 9.97 Å². The maximum Gasteiger partial charge on any atom is 0.416 e. The van der Waals surface area contributed by atoms with Crippen molar-refractivity contribution in [2.24, 2.45) is 11.7 Å². The van der Waals surface area contributed by atoms with Gasteiger partial charge in [-0.1, -0.05) is 23.2 Å². The zero-order valence-electron chi connectivity index (χ0n) is 19.5. The first kappa shape index (κ1) is 25.8. The number of primary amides is 1. The van der Waals surface area contributed by atoms with E-state index < -0.39 is 11.7 Å². The van der Waals surface area contributed by atoms with Crippen LogP contribution in [0, 0.1) is 5.92 Å². The number of carbonyl (C=O) groups excluding carboxylic acids is 1. The van der Waals surface area contributed by atoms with E-state index in [-0.39, 0.29) is 39.6 Å². The summed E-state index contributed by atoms with van der Waals surface area (Å²) in [5.74, 6) is 0.169. The number of rotatable bonds is 6. The number of imidazole rings is 1. The number of alkyl halides is 3. The Kier molecular flexibility index (Phi) is 7.08. The lowest BCUT2D eigenvalue weighted by atomic mass is 9.85. The maximum absolute atomic E-state index is 13.2. The molecule has 2 aromatic heterocycles. The number of nitrogens with zero attached hydrogens (tertiary/aromatic N) is 4.